The highest BCUT2D eigenvalue weighted by atomic mass is 79.9. The lowest BCUT2D eigenvalue weighted by molar-refractivity contribution is -0.120. The van der Waals surface area contributed by atoms with Crippen molar-refractivity contribution in [1.82, 2.24) is 10.6 Å². The van der Waals surface area contributed by atoms with Gasteiger partial charge in [0.25, 0.3) is 5.91 Å². The lowest BCUT2D eigenvalue weighted by Gasteiger charge is -2.08. The Bertz CT molecular complexity index is 686. The SMILES string of the molecule is COc1cccc(CNC(=O)CNC(=O)c2ccc(Br)cc2)c1. The number of methoxy groups -OCH3 is 1. The van der Waals surface area contributed by atoms with E-state index in [0.29, 0.717) is 12.1 Å². The van der Waals surface area contributed by atoms with Gasteiger partial charge in [-0.15, -0.1) is 0 Å². The van der Waals surface area contributed by atoms with Crippen molar-refractivity contribution in [2.75, 3.05) is 13.7 Å². The number of amides is 2. The molecule has 0 aliphatic rings. The molecule has 0 saturated heterocycles. The molecule has 0 heterocycles. The highest BCUT2D eigenvalue weighted by molar-refractivity contribution is 9.10. The Labute approximate surface area is 143 Å². The van der Waals surface area contributed by atoms with E-state index in [1.54, 1.807) is 31.4 Å². The second-order valence-electron chi connectivity index (χ2n) is 4.82. The van der Waals surface area contributed by atoms with Crippen LogP contribution in [0.1, 0.15) is 15.9 Å². The predicted octanol–water partition coefficient (Wildman–Crippen LogP) is 2.50. The van der Waals surface area contributed by atoms with Gasteiger partial charge in [0.15, 0.2) is 0 Å². The molecule has 120 valence electrons. The second kappa shape index (κ2) is 8.33. The number of carbonyl (C=O) groups excluding carboxylic acids is 2. The van der Waals surface area contributed by atoms with Crippen LogP contribution in [-0.4, -0.2) is 25.5 Å². The van der Waals surface area contributed by atoms with Crippen LogP contribution in [0.4, 0.5) is 0 Å². The second-order valence-corrected chi connectivity index (χ2v) is 5.73. The molecule has 0 saturated carbocycles. The van der Waals surface area contributed by atoms with E-state index in [2.05, 4.69) is 26.6 Å². The Kier molecular flexibility index (Phi) is 6.17. The fourth-order valence-electron chi connectivity index (χ4n) is 1.91. The maximum Gasteiger partial charge on any atom is 0.251 e. The number of nitrogens with one attached hydrogen (secondary N) is 2. The van der Waals surface area contributed by atoms with Gasteiger partial charge in [-0.3, -0.25) is 9.59 Å². The van der Waals surface area contributed by atoms with E-state index >= 15 is 0 Å². The van der Waals surface area contributed by atoms with Crippen LogP contribution in [-0.2, 0) is 11.3 Å². The van der Waals surface area contributed by atoms with E-state index < -0.39 is 0 Å². The third-order valence-corrected chi connectivity index (χ3v) is 3.67. The third kappa shape index (κ3) is 5.41. The van der Waals surface area contributed by atoms with Crippen molar-refractivity contribution in [2.45, 2.75) is 6.54 Å². The summed E-state index contributed by atoms with van der Waals surface area (Å²) in [4.78, 5) is 23.7. The maximum absolute atomic E-state index is 11.9. The fourth-order valence-corrected chi connectivity index (χ4v) is 2.17. The van der Waals surface area contributed by atoms with Crippen molar-refractivity contribution >= 4 is 27.7 Å². The summed E-state index contributed by atoms with van der Waals surface area (Å²) in [5, 5.41) is 5.34. The molecule has 2 N–H and O–H groups in total. The van der Waals surface area contributed by atoms with Gasteiger partial charge in [-0.2, -0.15) is 0 Å². The molecule has 0 bridgehead atoms. The lowest BCUT2D eigenvalue weighted by atomic mass is 10.2. The molecule has 0 fully saturated rings. The van der Waals surface area contributed by atoms with E-state index in [4.69, 9.17) is 4.74 Å². The van der Waals surface area contributed by atoms with Crippen molar-refractivity contribution in [2.24, 2.45) is 0 Å². The summed E-state index contributed by atoms with van der Waals surface area (Å²) >= 11 is 3.30. The molecule has 2 amide bonds. The van der Waals surface area contributed by atoms with Crippen molar-refractivity contribution in [3.63, 3.8) is 0 Å². The molecule has 0 atom stereocenters. The Morgan fingerprint density at radius 2 is 1.83 bits per heavy atom. The van der Waals surface area contributed by atoms with Gasteiger partial charge in [0.1, 0.15) is 5.75 Å². The number of ether oxygens (including phenoxy) is 1. The molecule has 23 heavy (non-hydrogen) atoms. The van der Waals surface area contributed by atoms with Crippen molar-refractivity contribution in [3.8, 4) is 5.75 Å². The Hall–Kier alpha value is -2.34. The van der Waals surface area contributed by atoms with Crippen LogP contribution in [0.25, 0.3) is 0 Å². The summed E-state index contributed by atoms with van der Waals surface area (Å²) < 4.78 is 6.02. The minimum atomic E-state index is -0.283. The van der Waals surface area contributed by atoms with Crippen molar-refractivity contribution < 1.29 is 14.3 Å². The maximum atomic E-state index is 11.9. The zero-order valence-corrected chi connectivity index (χ0v) is 14.2. The van der Waals surface area contributed by atoms with E-state index in [-0.39, 0.29) is 18.4 Å². The van der Waals surface area contributed by atoms with Gasteiger partial charge in [0, 0.05) is 16.6 Å². The first-order chi connectivity index (χ1) is 11.1. The van der Waals surface area contributed by atoms with Gasteiger partial charge in [-0.25, -0.2) is 0 Å². The quantitative estimate of drug-likeness (QED) is 0.813. The highest BCUT2D eigenvalue weighted by Crippen LogP contribution is 2.12. The van der Waals surface area contributed by atoms with Gasteiger partial charge in [-0.05, 0) is 42.0 Å². The normalized spacial score (nSPS) is 10.0. The number of hydrogen-bond acceptors (Lipinski definition) is 3. The molecular formula is C17H17BrN2O3. The van der Waals surface area contributed by atoms with E-state index in [1.165, 1.54) is 0 Å². The minimum absolute atomic E-state index is 0.0706. The molecule has 2 aromatic rings. The summed E-state index contributed by atoms with van der Waals surface area (Å²) in [6.07, 6.45) is 0. The van der Waals surface area contributed by atoms with Crippen molar-refractivity contribution in [3.05, 3.63) is 64.1 Å². The van der Waals surface area contributed by atoms with E-state index in [1.807, 2.05) is 24.3 Å². The molecule has 5 nitrogen and oxygen atoms in total. The Morgan fingerprint density at radius 1 is 1.09 bits per heavy atom. The highest BCUT2D eigenvalue weighted by Gasteiger charge is 2.08. The minimum Gasteiger partial charge on any atom is -0.497 e. The van der Waals surface area contributed by atoms with Crippen LogP contribution < -0.4 is 15.4 Å². The zero-order chi connectivity index (χ0) is 16.7. The summed E-state index contributed by atoms with van der Waals surface area (Å²) in [5.41, 5.74) is 1.44. The number of benzene rings is 2. The molecule has 2 aromatic carbocycles. The van der Waals surface area contributed by atoms with Gasteiger partial charge in [0.2, 0.25) is 5.91 Å². The van der Waals surface area contributed by atoms with E-state index in [0.717, 1.165) is 15.8 Å². The lowest BCUT2D eigenvalue weighted by Crippen LogP contribution is -2.36. The zero-order valence-electron chi connectivity index (χ0n) is 12.6. The first-order valence-corrected chi connectivity index (χ1v) is 7.81. The van der Waals surface area contributed by atoms with Gasteiger partial charge >= 0.3 is 0 Å². The fraction of sp³-hybridized carbons (Fsp3) is 0.176. The van der Waals surface area contributed by atoms with Crippen molar-refractivity contribution in [1.29, 1.82) is 0 Å². The molecule has 0 aliphatic carbocycles. The predicted molar refractivity (Wildman–Crippen MR) is 91.3 cm³/mol. The van der Waals surface area contributed by atoms with Gasteiger partial charge < -0.3 is 15.4 Å². The Morgan fingerprint density at radius 3 is 2.52 bits per heavy atom. The molecule has 0 unspecified atom stereocenters. The number of rotatable bonds is 6. The molecular weight excluding hydrogens is 360 g/mol. The van der Waals surface area contributed by atoms with Crippen LogP contribution in [0.15, 0.2) is 53.0 Å². The standard InChI is InChI=1S/C17H17BrN2O3/c1-23-15-4-2-3-12(9-15)10-19-16(21)11-20-17(22)13-5-7-14(18)8-6-13/h2-9H,10-11H2,1H3,(H,19,21)(H,20,22). The van der Waals surface area contributed by atoms with Crippen LogP contribution in [0, 0.1) is 0 Å². The van der Waals surface area contributed by atoms with Gasteiger partial charge in [-0.1, -0.05) is 28.1 Å². The summed E-state index contributed by atoms with van der Waals surface area (Å²) in [5.74, 6) is 0.201. The molecule has 2 rings (SSSR count). The number of hydrogen-bond donors (Lipinski definition) is 2. The van der Waals surface area contributed by atoms with E-state index in [9.17, 15) is 9.59 Å². The van der Waals surface area contributed by atoms with Crippen LogP contribution in [0.2, 0.25) is 0 Å². The molecule has 0 aliphatic heterocycles. The Balaban J connectivity index is 1.78. The molecule has 6 heteroatoms. The monoisotopic (exact) mass is 376 g/mol. The average molecular weight is 377 g/mol. The first-order valence-electron chi connectivity index (χ1n) is 7.02. The summed E-state index contributed by atoms with van der Waals surface area (Å²) in [6.45, 7) is 0.309. The molecule has 0 radical (unpaired) electrons. The van der Waals surface area contributed by atoms with Gasteiger partial charge in [0.05, 0.1) is 13.7 Å². The van der Waals surface area contributed by atoms with Crippen LogP contribution in [0.5, 0.6) is 5.75 Å². The molecule has 0 aromatic heterocycles. The van der Waals surface area contributed by atoms with Crippen LogP contribution in [0.3, 0.4) is 0 Å². The topological polar surface area (TPSA) is 67.4 Å². The largest absolute Gasteiger partial charge is 0.497 e. The number of carbonyl (C=O) groups is 2. The summed E-state index contributed by atoms with van der Waals surface area (Å²) in [7, 11) is 1.59. The van der Waals surface area contributed by atoms with Crippen LogP contribution >= 0.6 is 15.9 Å². The number of halogens is 1. The summed E-state index contributed by atoms with van der Waals surface area (Å²) in [6, 6.07) is 14.4. The average Bonchev–Trinajstić information content (AvgIpc) is 2.58. The smallest absolute Gasteiger partial charge is 0.251 e. The molecule has 0 spiro atoms. The third-order valence-electron chi connectivity index (χ3n) is 3.14. The first kappa shape index (κ1) is 17.0.